The van der Waals surface area contributed by atoms with Crippen LogP contribution in [0.1, 0.15) is 26.3 Å². The van der Waals surface area contributed by atoms with Crippen molar-refractivity contribution in [1.82, 2.24) is 9.55 Å². The highest BCUT2D eigenvalue weighted by Crippen LogP contribution is 2.24. The number of nitrogens with zero attached hydrogens (tertiary/aromatic N) is 2. The summed E-state index contributed by atoms with van der Waals surface area (Å²) in [6.45, 7) is 7.55. The molecular weight excluding hydrogens is 302 g/mol. The maximum absolute atomic E-state index is 4.40. The molecule has 0 atom stereocenters. The van der Waals surface area contributed by atoms with E-state index >= 15 is 0 Å². The van der Waals surface area contributed by atoms with Gasteiger partial charge in [0.15, 0.2) is 0 Å². The van der Waals surface area contributed by atoms with Crippen molar-refractivity contribution >= 4 is 27.6 Å². The molecule has 0 aliphatic heterocycles. The Morgan fingerprint density at radius 3 is 2.84 bits per heavy atom. The van der Waals surface area contributed by atoms with Gasteiger partial charge in [-0.15, -0.1) is 0 Å². The fourth-order valence-electron chi connectivity index (χ4n) is 2.07. The van der Waals surface area contributed by atoms with Gasteiger partial charge in [-0.3, -0.25) is 0 Å². The van der Waals surface area contributed by atoms with Crippen LogP contribution in [0.3, 0.4) is 0 Å². The summed E-state index contributed by atoms with van der Waals surface area (Å²) in [4.78, 5) is 4.40. The lowest BCUT2D eigenvalue weighted by Gasteiger charge is -2.14. The van der Waals surface area contributed by atoms with Crippen LogP contribution in [-0.4, -0.2) is 9.55 Å². The van der Waals surface area contributed by atoms with Crippen LogP contribution in [-0.2, 0) is 13.0 Å². The lowest BCUT2D eigenvalue weighted by atomic mass is 10.1. The smallest absolute Gasteiger partial charge is 0.207 e. The third-order valence-electron chi connectivity index (χ3n) is 2.97. The van der Waals surface area contributed by atoms with Gasteiger partial charge in [0.2, 0.25) is 5.95 Å². The van der Waals surface area contributed by atoms with Gasteiger partial charge < -0.3 is 9.88 Å². The molecule has 0 aliphatic rings. The maximum Gasteiger partial charge on any atom is 0.207 e. The Balaban J connectivity index is 2.24. The third kappa shape index (κ3) is 3.60. The van der Waals surface area contributed by atoms with Gasteiger partial charge in [0.1, 0.15) is 0 Å². The Morgan fingerprint density at radius 1 is 1.37 bits per heavy atom. The highest BCUT2D eigenvalue weighted by molar-refractivity contribution is 9.10. The van der Waals surface area contributed by atoms with E-state index in [1.807, 2.05) is 12.4 Å². The number of benzene rings is 1. The van der Waals surface area contributed by atoms with Gasteiger partial charge in [-0.05, 0) is 36.1 Å². The zero-order valence-electron chi connectivity index (χ0n) is 11.7. The fourth-order valence-corrected chi connectivity index (χ4v) is 2.48. The predicted octanol–water partition coefficient (Wildman–Crippen LogP) is 4.61. The number of anilines is 2. The SMILES string of the molecule is CCc1cc(Br)ccc1Nc1nccn1CC(C)C. The van der Waals surface area contributed by atoms with E-state index in [1.54, 1.807) is 0 Å². The predicted molar refractivity (Wildman–Crippen MR) is 83.9 cm³/mol. The maximum atomic E-state index is 4.40. The van der Waals surface area contributed by atoms with Crippen LogP contribution in [0.15, 0.2) is 35.1 Å². The fraction of sp³-hybridized carbons (Fsp3) is 0.400. The van der Waals surface area contributed by atoms with Crippen molar-refractivity contribution in [1.29, 1.82) is 0 Å². The summed E-state index contributed by atoms with van der Waals surface area (Å²) in [7, 11) is 0. The first-order chi connectivity index (χ1) is 9.10. The first-order valence-electron chi connectivity index (χ1n) is 6.66. The van der Waals surface area contributed by atoms with Gasteiger partial charge in [0.05, 0.1) is 0 Å². The summed E-state index contributed by atoms with van der Waals surface area (Å²) in [6, 6.07) is 6.30. The molecule has 1 aromatic heterocycles. The van der Waals surface area contributed by atoms with E-state index in [0.29, 0.717) is 5.92 Å². The Hall–Kier alpha value is -1.29. The molecule has 0 bridgehead atoms. The van der Waals surface area contributed by atoms with Crippen molar-refractivity contribution < 1.29 is 0 Å². The number of hydrogen-bond donors (Lipinski definition) is 1. The quantitative estimate of drug-likeness (QED) is 0.871. The molecule has 1 N–H and O–H groups in total. The van der Waals surface area contributed by atoms with E-state index in [1.165, 1.54) is 5.56 Å². The molecular formula is C15H20BrN3. The number of rotatable bonds is 5. The normalized spacial score (nSPS) is 11.0. The van der Waals surface area contributed by atoms with E-state index in [-0.39, 0.29) is 0 Å². The molecule has 1 heterocycles. The number of nitrogens with one attached hydrogen (secondary N) is 1. The van der Waals surface area contributed by atoms with Crippen LogP contribution in [0, 0.1) is 5.92 Å². The minimum Gasteiger partial charge on any atom is -0.325 e. The van der Waals surface area contributed by atoms with Crippen LogP contribution in [0.2, 0.25) is 0 Å². The molecule has 0 saturated heterocycles. The Labute approximate surface area is 123 Å². The zero-order valence-corrected chi connectivity index (χ0v) is 13.2. The largest absolute Gasteiger partial charge is 0.325 e. The van der Waals surface area contributed by atoms with Crippen LogP contribution in [0.4, 0.5) is 11.6 Å². The Bertz CT molecular complexity index is 546. The lowest BCUT2D eigenvalue weighted by Crippen LogP contribution is -2.08. The average Bonchev–Trinajstić information content (AvgIpc) is 2.78. The molecule has 0 amide bonds. The zero-order chi connectivity index (χ0) is 13.8. The van der Waals surface area contributed by atoms with Gasteiger partial charge in [-0.25, -0.2) is 4.98 Å². The number of imidazole rings is 1. The minimum atomic E-state index is 0.602. The van der Waals surface area contributed by atoms with Crippen molar-refractivity contribution in [2.24, 2.45) is 5.92 Å². The van der Waals surface area contributed by atoms with Gasteiger partial charge in [-0.1, -0.05) is 36.7 Å². The van der Waals surface area contributed by atoms with Gasteiger partial charge in [-0.2, -0.15) is 0 Å². The first-order valence-corrected chi connectivity index (χ1v) is 7.46. The molecule has 19 heavy (non-hydrogen) atoms. The van der Waals surface area contributed by atoms with Crippen molar-refractivity contribution in [3.8, 4) is 0 Å². The standard InChI is InChI=1S/C15H20BrN3/c1-4-12-9-13(16)5-6-14(12)18-15-17-7-8-19(15)10-11(2)3/h5-9,11H,4,10H2,1-3H3,(H,17,18). The highest BCUT2D eigenvalue weighted by atomic mass is 79.9. The summed E-state index contributed by atoms with van der Waals surface area (Å²) < 4.78 is 3.27. The summed E-state index contributed by atoms with van der Waals surface area (Å²) in [5.41, 5.74) is 2.41. The van der Waals surface area contributed by atoms with E-state index in [9.17, 15) is 0 Å². The monoisotopic (exact) mass is 321 g/mol. The molecule has 1 aromatic carbocycles. The van der Waals surface area contributed by atoms with E-state index in [0.717, 1.165) is 29.1 Å². The Kier molecular flexibility index (Phi) is 4.64. The number of aromatic nitrogens is 2. The Morgan fingerprint density at radius 2 is 2.16 bits per heavy atom. The van der Waals surface area contributed by atoms with E-state index in [2.05, 4.69) is 69.8 Å². The molecule has 0 radical (unpaired) electrons. The molecule has 4 heteroatoms. The summed E-state index contributed by atoms with van der Waals surface area (Å²) in [6.07, 6.45) is 4.86. The van der Waals surface area contributed by atoms with Crippen LogP contribution >= 0.6 is 15.9 Å². The number of halogens is 1. The second-order valence-corrected chi connectivity index (χ2v) is 5.99. The molecule has 0 saturated carbocycles. The molecule has 102 valence electrons. The second-order valence-electron chi connectivity index (χ2n) is 5.08. The van der Waals surface area contributed by atoms with Gasteiger partial charge >= 0.3 is 0 Å². The summed E-state index contributed by atoms with van der Waals surface area (Å²) >= 11 is 3.51. The number of aryl methyl sites for hydroxylation is 1. The molecule has 0 spiro atoms. The average molecular weight is 322 g/mol. The first kappa shape index (κ1) is 14.1. The van der Waals surface area contributed by atoms with Crippen molar-refractivity contribution in [3.05, 3.63) is 40.6 Å². The third-order valence-corrected chi connectivity index (χ3v) is 3.47. The lowest BCUT2D eigenvalue weighted by molar-refractivity contribution is 0.527. The molecule has 3 nitrogen and oxygen atoms in total. The van der Waals surface area contributed by atoms with Crippen molar-refractivity contribution in [2.75, 3.05) is 5.32 Å². The minimum absolute atomic E-state index is 0.602. The molecule has 0 fully saturated rings. The van der Waals surface area contributed by atoms with E-state index in [4.69, 9.17) is 0 Å². The van der Waals surface area contributed by atoms with Crippen molar-refractivity contribution in [2.45, 2.75) is 33.7 Å². The topological polar surface area (TPSA) is 29.9 Å². The molecule has 2 aromatic rings. The highest BCUT2D eigenvalue weighted by Gasteiger charge is 2.07. The van der Waals surface area contributed by atoms with Gasteiger partial charge in [0.25, 0.3) is 0 Å². The summed E-state index contributed by atoms with van der Waals surface area (Å²) in [5, 5.41) is 3.44. The molecule has 0 aliphatic carbocycles. The summed E-state index contributed by atoms with van der Waals surface area (Å²) in [5.74, 6) is 1.51. The van der Waals surface area contributed by atoms with Crippen molar-refractivity contribution in [3.63, 3.8) is 0 Å². The second kappa shape index (κ2) is 6.24. The van der Waals surface area contributed by atoms with Crippen LogP contribution < -0.4 is 5.32 Å². The number of hydrogen-bond acceptors (Lipinski definition) is 2. The van der Waals surface area contributed by atoms with Crippen LogP contribution in [0.5, 0.6) is 0 Å². The molecule has 0 unspecified atom stereocenters. The van der Waals surface area contributed by atoms with Gasteiger partial charge in [0, 0.05) is 29.1 Å². The molecule has 2 rings (SSSR count). The van der Waals surface area contributed by atoms with E-state index < -0.39 is 0 Å². The van der Waals surface area contributed by atoms with Crippen LogP contribution in [0.25, 0.3) is 0 Å².